The maximum absolute atomic E-state index is 12.4. The Morgan fingerprint density at radius 2 is 1.71 bits per heavy atom. The number of ether oxygens (including phenoxy) is 2. The molecule has 0 heterocycles. The van der Waals surface area contributed by atoms with E-state index in [1.807, 2.05) is 6.07 Å². The Hall–Kier alpha value is -4.08. The van der Waals surface area contributed by atoms with Gasteiger partial charge in [0.25, 0.3) is 5.91 Å². The van der Waals surface area contributed by atoms with Gasteiger partial charge in [0.2, 0.25) is 0 Å². The molecule has 3 rings (SSSR count). The normalized spacial score (nSPS) is 10.7. The fraction of sp³-hybridized carbons (Fsp3) is 0.0417. The highest BCUT2D eigenvalue weighted by atomic mass is 35.5. The van der Waals surface area contributed by atoms with Crippen LogP contribution in [0.2, 0.25) is 5.02 Å². The van der Waals surface area contributed by atoms with E-state index >= 15 is 0 Å². The first-order chi connectivity index (χ1) is 15.0. The molecule has 3 aromatic rings. The number of hydrogen-bond acceptors (Lipinski definition) is 5. The van der Waals surface area contributed by atoms with Gasteiger partial charge in [0.15, 0.2) is 0 Å². The number of esters is 1. The second-order valence-electron chi connectivity index (χ2n) is 6.32. The van der Waals surface area contributed by atoms with Crippen molar-refractivity contribution in [3.05, 3.63) is 94.5 Å². The van der Waals surface area contributed by atoms with Crippen molar-refractivity contribution in [2.24, 2.45) is 0 Å². The largest absolute Gasteiger partial charge is 0.497 e. The van der Waals surface area contributed by atoms with E-state index in [0.717, 1.165) is 0 Å². The van der Waals surface area contributed by atoms with Crippen LogP contribution in [-0.4, -0.2) is 19.0 Å². The summed E-state index contributed by atoms with van der Waals surface area (Å²) in [5, 5.41) is 12.6. The van der Waals surface area contributed by atoms with Gasteiger partial charge in [-0.25, -0.2) is 4.79 Å². The van der Waals surface area contributed by atoms with Crippen molar-refractivity contribution in [1.29, 1.82) is 5.26 Å². The van der Waals surface area contributed by atoms with Crippen LogP contribution >= 0.6 is 11.6 Å². The second kappa shape index (κ2) is 10.1. The van der Waals surface area contributed by atoms with Crippen LogP contribution in [-0.2, 0) is 4.79 Å². The van der Waals surface area contributed by atoms with Gasteiger partial charge in [0, 0.05) is 16.8 Å². The van der Waals surface area contributed by atoms with Crippen LogP contribution < -0.4 is 14.8 Å². The molecule has 0 aromatic heterocycles. The number of hydrogen-bond donors (Lipinski definition) is 1. The molecule has 0 spiro atoms. The number of anilines is 1. The zero-order valence-electron chi connectivity index (χ0n) is 16.5. The van der Waals surface area contributed by atoms with Gasteiger partial charge in [0.1, 0.15) is 23.1 Å². The number of methoxy groups -OCH3 is 1. The molecule has 0 unspecified atom stereocenters. The zero-order valence-corrected chi connectivity index (χ0v) is 17.2. The molecule has 1 amide bonds. The van der Waals surface area contributed by atoms with Crippen molar-refractivity contribution in [3.8, 4) is 17.6 Å². The van der Waals surface area contributed by atoms with Crippen LogP contribution in [0.5, 0.6) is 11.5 Å². The summed E-state index contributed by atoms with van der Waals surface area (Å²) in [5.41, 5.74) is 1.40. The summed E-state index contributed by atoms with van der Waals surface area (Å²) in [6, 6.07) is 21.5. The van der Waals surface area contributed by atoms with Crippen molar-refractivity contribution >= 4 is 35.2 Å². The average molecular weight is 433 g/mol. The Morgan fingerprint density at radius 3 is 2.35 bits per heavy atom. The van der Waals surface area contributed by atoms with Crippen LogP contribution in [0.3, 0.4) is 0 Å². The summed E-state index contributed by atoms with van der Waals surface area (Å²) >= 11 is 5.81. The van der Waals surface area contributed by atoms with E-state index in [2.05, 4.69) is 5.32 Å². The number of rotatable bonds is 6. The molecule has 6 nitrogen and oxygen atoms in total. The minimum absolute atomic E-state index is 0.0753. The fourth-order valence-corrected chi connectivity index (χ4v) is 2.72. The third kappa shape index (κ3) is 5.95. The lowest BCUT2D eigenvalue weighted by atomic mass is 10.1. The summed E-state index contributed by atoms with van der Waals surface area (Å²) in [4.78, 5) is 24.6. The van der Waals surface area contributed by atoms with Crippen molar-refractivity contribution < 1.29 is 19.1 Å². The predicted molar refractivity (Wildman–Crippen MR) is 118 cm³/mol. The summed E-state index contributed by atoms with van der Waals surface area (Å²) in [6.07, 6.45) is 1.44. The Morgan fingerprint density at radius 1 is 1.00 bits per heavy atom. The van der Waals surface area contributed by atoms with Crippen molar-refractivity contribution in [2.45, 2.75) is 0 Å². The van der Waals surface area contributed by atoms with Gasteiger partial charge in [-0.1, -0.05) is 29.8 Å². The number of amides is 1. The Bertz CT molecular complexity index is 1160. The van der Waals surface area contributed by atoms with E-state index in [1.165, 1.54) is 13.2 Å². The van der Waals surface area contributed by atoms with Crippen LogP contribution in [0.1, 0.15) is 15.9 Å². The minimum Gasteiger partial charge on any atom is -0.497 e. The SMILES string of the molecule is COc1cccc(NC(=O)/C(C#N)=C/c2ccc(OC(=O)c3ccc(Cl)cc3)cc2)c1. The van der Waals surface area contributed by atoms with E-state index in [1.54, 1.807) is 72.8 Å². The lowest BCUT2D eigenvalue weighted by Crippen LogP contribution is -2.13. The van der Waals surface area contributed by atoms with Gasteiger partial charge in [-0.15, -0.1) is 0 Å². The number of benzene rings is 3. The molecule has 154 valence electrons. The van der Waals surface area contributed by atoms with E-state index in [-0.39, 0.29) is 5.57 Å². The molecule has 0 fully saturated rings. The van der Waals surface area contributed by atoms with Crippen molar-refractivity contribution in [3.63, 3.8) is 0 Å². The fourth-order valence-electron chi connectivity index (χ4n) is 2.60. The lowest BCUT2D eigenvalue weighted by molar-refractivity contribution is -0.112. The molecular formula is C24H17ClN2O4. The number of nitrogens with zero attached hydrogens (tertiary/aromatic N) is 1. The van der Waals surface area contributed by atoms with Gasteiger partial charge >= 0.3 is 5.97 Å². The topological polar surface area (TPSA) is 88.4 Å². The van der Waals surface area contributed by atoms with Crippen molar-refractivity contribution in [2.75, 3.05) is 12.4 Å². The van der Waals surface area contributed by atoms with Gasteiger partial charge in [-0.3, -0.25) is 4.79 Å². The van der Waals surface area contributed by atoms with E-state index in [0.29, 0.717) is 33.3 Å². The van der Waals surface area contributed by atoms with Gasteiger partial charge < -0.3 is 14.8 Å². The van der Waals surface area contributed by atoms with Gasteiger partial charge in [-0.05, 0) is 60.2 Å². The molecule has 3 aromatic carbocycles. The summed E-state index contributed by atoms with van der Waals surface area (Å²) in [5.74, 6) is -0.148. The number of nitriles is 1. The lowest BCUT2D eigenvalue weighted by Gasteiger charge is -2.07. The Labute approximate surface area is 184 Å². The van der Waals surface area contributed by atoms with E-state index in [4.69, 9.17) is 21.1 Å². The second-order valence-corrected chi connectivity index (χ2v) is 6.76. The summed E-state index contributed by atoms with van der Waals surface area (Å²) < 4.78 is 10.4. The Balaban J connectivity index is 1.68. The Kier molecular flexibility index (Phi) is 7.05. The highest BCUT2D eigenvalue weighted by Crippen LogP contribution is 2.19. The maximum Gasteiger partial charge on any atom is 0.343 e. The first kappa shape index (κ1) is 21.6. The summed E-state index contributed by atoms with van der Waals surface area (Å²) in [6.45, 7) is 0. The molecular weight excluding hydrogens is 416 g/mol. The van der Waals surface area contributed by atoms with Crippen molar-refractivity contribution in [1.82, 2.24) is 0 Å². The molecule has 0 radical (unpaired) electrons. The molecule has 1 N–H and O–H groups in total. The molecule has 0 aliphatic heterocycles. The molecule has 0 atom stereocenters. The first-order valence-electron chi connectivity index (χ1n) is 9.13. The highest BCUT2D eigenvalue weighted by Gasteiger charge is 2.11. The van der Waals surface area contributed by atoms with Crippen LogP contribution in [0.25, 0.3) is 6.08 Å². The van der Waals surface area contributed by atoms with E-state index < -0.39 is 11.9 Å². The van der Waals surface area contributed by atoms with Gasteiger partial charge in [0.05, 0.1) is 12.7 Å². The van der Waals surface area contributed by atoms with Crippen LogP contribution in [0, 0.1) is 11.3 Å². The van der Waals surface area contributed by atoms with E-state index in [9.17, 15) is 14.9 Å². The molecule has 0 aliphatic rings. The quantitative estimate of drug-likeness (QED) is 0.253. The zero-order chi connectivity index (χ0) is 22.2. The smallest absolute Gasteiger partial charge is 0.343 e. The number of carbonyl (C=O) groups excluding carboxylic acids is 2. The third-order valence-corrected chi connectivity index (χ3v) is 4.43. The minimum atomic E-state index is -0.547. The molecule has 0 bridgehead atoms. The average Bonchev–Trinajstić information content (AvgIpc) is 2.79. The van der Waals surface area contributed by atoms with Crippen LogP contribution in [0.4, 0.5) is 5.69 Å². The molecule has 0 saturated heterocycles. The van der Waals surface area contributed by atoms with Gasteiger partial charge in [-0.2, -0.15) is 5.26 Å². The monoisotopic (exact) mass is 432 g/mol. The molecule has 7 heteroatoms. The van der Waals surface area contributed by atoms with Crippen LogP contribution in [0.15, 0.2) is 78.4 Å². The predicted octanol–water partition coefficient (Wildman–Crippen LogP) is 5.11. The third-order valence-electron chi connectivity index (χ3n) is 4.17. The number of halogens is 1. The highest BCUT2D eigenvalue weighted by molar-refractivity contribution is 6.30. The number of nitrogens with one attached hydrogen (secondary N) is 1. The standard InChI is InChI=1S/C24H17ClN2O4/c1-30-22-4-2-3-20(14-22)27-23(28)18(15-26)13-16-5-11-21(12-6-16)31-24(29)17-7-9-19(25)10-8-17/h2-14H,1H3,(H,27,28)/b18-13+. The maximum atomic E-state index is 12.4. The molecule has 31 heavy (non-hydrogen) atoms. The number of carbonyl (C=O) groups is 2. The molecule has 0 saturated carbocycles. The summed E-state index contributed by atoms with van der Waals surface area (Å²) in [7, 11) is 1.53. The first-order valence-corrected chi connectivity index (χ1v) is 9.51. The molecule has 0 aliphatic carbocycles.